The molecule has 4 nitrogen and oxygen atoms in total. The quantitative estimate of drug-likeness (QED) is 0.812. The van der Waals surface area contributed by atoms with Gasteiger partial charge in [-0.05, 0) is 25.3 Å². The molecule has 2 heterocycles. The Morgan fingerprint density at radius 1 is 1.31 bits per heavy atom. The molecule has 1 aromatic heterocycles. The van der Waals surface area contributed by atoms with E-state index < -0.39 is 0 Å². The second-order valence-corrected chi connectivity index (χ2v) is 4.33. The van der Waals surface area contributed by atoms with Crippen LogP contribution in [0.4, 0.5) is 0 Å². The second kappa shape index (κ2) is 4.70. The Kier molecular flexibility index (Phi) is 3.29. The first kappa shape index (κ1) is 11.2. The minimum Gasteiger partial charge on any atom is -0.339 e. The van der Waals surface area contributed by atoms with E-state index in [0.29, 0.717) is 5.56 Å². The van der Waals surface area contributed by atoms with Crippen LogP contribution in [0.5, 0.6) is 0 Å². The van der Waals surface area contributed by atoms with Crippen LogP contribution in [0.2, 0.25) is 5.02 Å². The van der Waals surface area contributed by atoms with E-state index in [1.165, 1.54) is 18.7 Å². The molecule has 2 rings (SSSR count). The minimum absolute atomic E-state index is 0.0575. The third-order valence-corrected chi connectivity index (χ3v) is 3.03. The highest BCUT2D eigenvalue weighted by atomic mass is 35.5. The number of piperidine rings is 1. The Hall–Kier alpha value is -1.29. The highest BCUT2D eigenvalue weighted by Gasteiger charge is 2.18. The number of nitrogens with one attached hydrogen (secondary N) is 1. The molecule has 86 valence electrons. The van der Waals surface area contributed by atoms with Gasteiger partial charge < -0.3 is 9.88 Å². The lowest BCUT2D eigenvalue weighted by atomic mass is 10.1. The van der Waals surface area contributed by atoms with E-state index in [-0.39, 0.29) is 16.5 Å². The van der Waals surface area contributed by atoms with Crippen LogP contribution in [0.1, 0.15) is 29.6 Å². The molecule has 0 unspecified atom stereocenters. The first-order valence-electron chi connectivity index (χ1n) is 5.36. The number of hydrogen-bond acceptors (Lipinski definition) is 2. The number of pyridine rings is 1. The fourth-order valence-corrected chi connectivity index (χ4v) is 2.03. The van der Waals surface area contributed by atoms with Gasteiger partial charge in [-0.25, -0.2) is 0 Å². The number of likely N-dealkylation sites (tertiary alicyclic amines) is 1. The monoisotopic (exact) mass is 240 g/mol. The number of carbonyl (C=O) groups excluding carboxylic acids is 1. The number of halogens is 1. The van der Waals surface area contributed by atoms with Crippen molar-refractivity contribution in [3.05, 3.63) is 33.2 Å². The zero-order valence-electron chi connectivity index (χ0n) is 8.83. The molecule has 0 saturated carbocycles. The molecule has 0 aromatic carbocycles. The smallest absolute Gasteiger partial charge is 0.266 e. The maximum Gasteiger partial charge on any atom is 0.266 e. The predicted octanol–water partition coefficient (Wildman–Crippen LogP) is 1.65. The van der Waals surface area contributed by atoms with Crippen molar-refractivity contribution < 1.29 is 4.79 Å². The summed E-state index contributed by atoms with van der Waals surface area (Å²) in [6.45, 7) is 1.57. The van der Waals surface area contributed by atoms with E-state index in [1.54, 1.807) is 4.90 Å². The third-order valence-electron chi connectivity index (χ3n) is 2.75. The fourth-order valence-electron chi connectivity index (χ4n) is 1.86. The summed E-state index contributed by atoms with van der Waals surface area (Å²) in [6.07, 6.45) is 4.69. The lowest BCUT2D eigenvalue weighted by molar-refractivity contribution is 0.0724. The van der Waals surface area contributed by atoms with Crippen molar-refractivity contribution in [2.24, 2.45) is 0 Å². The molecule has 0 aliphatic carbocycles. The molecule has 1 amide bonds. The summed E-state index contributed by atoms with van der Waals surface area (Å²) >= 11 is 5.68. The minimum atomic E-state index is -0.364. The zero-order valence-corrected chi connectivity index (χ0v) is 9.59. The lowest BCUT2D eigenvalue weighted by Gasteiger charge is -2.26. The summed E-state index contributed by atoms with van der Waals surface area (Å²) in [5, 5.41) is 0.0582. The number of amides is 1. The van der Waals surface area contributed by atoms with Crippen LogP contribution < -0.4 is 5.56 Å². The Labute approximate surface area is 98.2 Å². The Balaban J connectivity index is 2.19. The van der Waals surface area contributed by atoms with Gasteiger partial charge >= 0.3 is 0 Å². The van der Waals surface area contributed by atoms with Gasteiger partial charge in [-0.3, -0.25) is 9.59 Å². The molecule has 5 heteroatoms. The first-order valence-corrected chi connectivity index (χ1v) is 5.74. The van der Waals surface area contributed by atoms with E-state index >= 15 is 0 Å². The van der Waals surface area contributed by atoms with Gasteiger partial charge in [0.25, 0.3) is 11.5 Å². The van der Waals surface area contributed by atoms with Crippen molar-refractivity contribution in [2.45, 2.75) is 19.3 Å². The van der Waals surface area contributed by atoms with Gasteiger partial charge in [-0.15, -0.1) is 0 Å². The molecule has 1 fully saturated rings. The van der Waals surface area contributed by atoms with Gasteiger partial charge in [0.15, 0.2) is 0 Å². The normalized spacial score (nSPS) is 16.2. The molecule has 1 N–H and O–H groups in total. The van der Waals surface area contributed by atoms with Gasteiger partial charge in [-0.1, -0.05) is 11.6 Å². The summed E-state index contributed by atoms with van der Waals surface area (Å²) < 4.78 is 0. The molecule has 16 heavy (non-hydrogen) atoms. The standard InChI is InChI=1S/C11H13ClN2O2/c12-9-6-8(7-13-10(9)15)11(16)14-4-2-1-3-5-14/h6-7H,1-5H2,(H,13,15). The number of aromatic nitrogens is 1. The fraction of sp³-hybridized carbons (Fsp3) is 0.455. The Bertz CT molecular complexity index is 450. The molecule has 1 saturated heterocycles. The van der Waals surface area contributed by atoms with E-state index in [1.807, 2.05) is 0 Å². The molecular formula is C11H13ClN2O2. The van der Waals surface area contributed by atoms with Crippen LogP contribution in [-0.4, -0.2) is 28.9 Å². The van der Waals surface area contributed by atoms with Crippen molar-refractivity contribution in [3.63, 3.8) is 0 Å². The van der Waals surface area contributed by atoms with Crippen molar-refractivity contribution in [1.29, 1.82) is 0 Å². The molecule has 0 atom stereocenters. The van der Waals surface area contributed by atoms with E-state index in [2.05, 4.69) is 4.98 Å². The largest absolute Gasteiger partial charge is 0.339 e. The van der Waals surface area contributed by atoms with Gasteiger partial charge in [0.2, 0.25) is 0 Å². The number of rotatable bonds is 1. The summed E-state index contributed by atoms with van der Waals surface area (Å²) in [7, 11) is 0. The zero-order chi connectivity index (χ0) is 11.5. The second-order valence-electron chi connectivity index (χ2n) is 3.92. The van der Waals surface area contributed by atoms with Crippen molar-refractivity contribution in [1.82, 2.24) is 9.88 Å². The van der Waals surface area contributed by atoms with Crippen LogP contribution >= 0.6 is 11.6 Å². The molecule has 1 aliphatic rings. The van der Waals surface area contributed by atoms with Crippen molar-refractivity contribution >= 4 is 17.5 Å². The maximum absolute atomic E-state index is 12.0. The predicted molar refractivity (Wildman–Crippen MR) is 61.8 cm³/mol. The van der Waals surface area contributed by atoms with Crippen LogP contribution in [0.3, 0.4) is 0 Å². The molecule has 0 bridgehead atoms. The van der Waals surface area contributed by atoms with Crippen LogP contribution in [0.15, 0.2) is 17.1 Å². The third kappa shape index (κ3) is 2.27. The van der Waals surface area contributed by atoms with E-state index in [4.69, 9.17) is 11.6 Å². The highest BCUT2D eigenvalue weighted by Crippen LogP contribution is 2.13. The van der Waals surface area contributed by atoms with Gasteiger partial charge in [0.05, 0.1) is 5.56 Å². The van der Waals surface area contributed by atoms with Crippen LogP contribution in [-0.2, 0) is 0 Å². The average Bonchev–Trinajstić information content (AvgIpc) is 2.33. The summed E-state index contributed by atoms with van der Waals surface area (Å²) in [5.41, 5.74) is 0.0864. The molecule has 0 spiro atoms. The topological polar surface area (TPSA) is 53.2 Å². The first-order chi connectivity index (χ1) is 7.68. The van der Waals surface area contributed by atoms with E-state index in [0.717, 1.165) is 25.9 Å². The van der Waals surface area contributed by atoms with Gasteiger partial charge in [-0.2, -0.15) is 0 Å². The Morgan fingerprint density at radius 2 is 2.00 bits per heavy atom. The summed E-state index contributed by atoms with van der Waals surface area (Å²) in [6, 6.07) is 1.43. The summed E-state index contributed by atoms with van der Waals surface area (Å²) in [4.78, 5) is 27.3. The maximum atomic E-state index is 12.0. The number of H-pyrrole nitrogens is 1. The summed E-state index contributed by atoms with van der Waals surface area (Å²) in [5.74, 6) is -0.0575. The van der Waals surface area contributed by atoms with Gasteiger partial charge in [0, 0.05) is 19.3 Å². The average molecular weight is 241 g/mol. The molecular weight excluding hydrogens is 228 g/mol. The van der Waals surface area contributed by atoms with Crippen LogP contribution in [0.25, 0.3) is 0 Å². The lowest BCUT2D eigenvalue weighted by Crippen LogP contribution is -2.35. The molecule has 1 aromatic rings. The van der Waals surface area contributed by atoms with Gasteiger partial charge in [0.1, 0.15) is 5.02 Å². The van der Waals surface area contributed by atoms with Crippen LogP contribution in [0, 0.1) is 0 Å². The molecule has 1 aliphatic heterocycles. The number of aromatic amines is 1. The van der Waals surface area contributed by atoms with E-state index in [9.17, 15) is 9.59 Å². The SMILES string of the molecule is O=C(c1c[nH]c(=O)c(Cl)c1)N1CCCCC1. The number of carbonyl (C=O) groups is 1. The molecule has 0 radical (unpaired) electrons. The number of hydrogen-bond donors (Lipinski definition) is 1. The highest BCUT2D eigenvalue weighted by molar-refractivity contribution is 6.30. The Morgan fingerprint density at radius 3 is 2.62 bits per heavy atom. The van der Waals surface area contributed by atoms with Crippen molar-refractivity contribution in [3.8, 4) is 0 Å². The van der Waals surface area contributed by atoms with Crippen molar-refractivity contribution in [2.75, 3.05) is 13.1 Å². The number of nitrogens with zero attached hydrogens (tertiary/aromatic N) is 1.